The lowest BCUT2D eigenvalue weighted by atomic mass is 9.98. The van der Waals surface area contributed by atoms with Gasteiger partial charge in [0.25, 0.3) is 0 Å². The molecule has 1 saturated heterocycles. The van der Waals surface area contributed by atoms with Gasteiger partial charge in [-0.25, -0.2) is 0 Å². The molecule has 0 aliphatic carbocycles. The Balaban J connectivity index is 2.70. The SMILES string of the molecule is C[C@H]1O[C@H](CO)[C@@H](O)C(=O)[C@H]1O. The first-order chi connectivity index (χ1) is 5.57. The molecule has 5 nitrogen and oxygen atoms in total. The summed E-state index contributed by atoms with van der Waals surface area (Å²) in [6.45, 7) is 1.08. The fourth-order valence-corrected chi connectivity index (χ4v) is 1.16. The van der Waals surface area contributed by atoms with Gasteiger partial charge in [-0.2, -0.15) is 0 Å². The molecular weight excluding hydrogens is 164 g/mol. The highest BCUT2D eigenvalue weighted by molar-refractivity contribution is 5.88. The topological polar surface area (TPSA) is 87.0 Å². The molecule has 0 saturated carbocycles. The summed E-state index contributed by atoms with van der Waals surface area (Å²) >= 11 is 0. The third-order valence-electron chi connectivity index (χ3n) is 1.95. The lowest BCUT2D eigenvalue weighted by Crippen LogP contribution is -2.54. The van der Waals surface area contributed by atoms with E-state index in [0.29, 0.717) is 0 Å². The van der Waals surface area contributed by atoms with E-state index in [-0.39, 0.29) is 0 Å². The fraction of sp³-hybridized carbons (Fsp3) is 0.857. The van der Waals surface area contributed by atoms with Crippen LogP contribution in [-0.4, -0.2) is 52.1 Å². The Morgan fingerprint density at radius 1 is 1.42 bits per heavy atom. The highest BCUT2D eigenvalue weighted by atomic mass is 16.5. The summed E-state index contributed by atoms with van der Waals surface area (Å²) in [5.41, 5.74) is 0. The minimum atomic E-state index is -1.42. The van der Waals surface area contributed by atoms with Gasteiger partial charge in [-0.1, -0.05) is 0 Å². The predicted molar refractivity (Wildman–Crippen MR) is 38.4 cm³/mol. The molecule has 0 aromatic heterocycles. The number of Topliss-reactive ketones (excluding diaryl/α,β-unsaturated/α-hetero) is 1. The van der Waals surface area contributed by atoms with Gasteiger partial charge in [-0.05, 0) is 6.92 Å². The highest BCUT2D eigenvalue weighted by Crippen LogP contribution is 2.16. The van der Waals surface area contributed by atoms with Crippen LogP contribution in [0.25, 0.3) is 0 Å². The molecule has 1 heterocycles. The average Bonchev–Trinajstić information content (AvgIpc) is 2.08. The summed E-state index contributed by atoms with van der Waals surface area (Å²) < 4.78 is 4.96. The molecule has 4 atom stereocenters. The zero-order valence-corrected chi connectivity index (χ0v) is 6.67. The smallest absolute Gasteiger partial charge is 0.195 e. The number of carbonyl (C=O) groups is 1. The zero-order valence-electron chi connectivity index (χ0n) is 6.67. The first-order valence-corrected chi connectivity index (χ1v) is 3.74. The van der Waals surface area contributed by atoms with Gasteiger partial charge in [-0.3, -0.25) is 4.79 Å². The normalized spacial score (nSPS) is 43.2. The highest BCUT2D eigenvalue weighted by Gasteiger charge is 2.40. The maximum atomic E-state index is 11.0. The van der Waals surface area contributed by atoms with Crippen LogP contribution in [0.4, 0.5) is 0 Å². The number of carbonyl (C=O) groups excluding carboxylic acids is 1. The Bertz CT molecular complexity index is 181. The van der Waals surface area contributed by atoms with Crippen LogP contribution in [0.3, 0.4) is 0 Å². The second-order valence-corrected chi connectivity index (χ2v) is 2.85. The van der Waals surface area contributed by atoms with E-state index in [2.05, 4.69) is 0 Å². The van der Waals surface area contributed by atoms with Crippen LogP contribution >= 0.6 is 0 Å². The number of hydrogen-bond donors (Lipinski definition) is 3. The molecule has 0 bridgehead atoms. The summed E-state index contributed by atoms with van der Waals surface area (Å²) in [4.78, 5) is 11.0. The van der Waals surface area contributed by atoms with Crippen molar-refractivity contribution in [1.82, 2.24) is 0 Å². The third-order valence-corrected chi connectivity index (χ3v) is 1.95. The molecule has 3 N–H and O–H groups in total. The van der Waals surface area contributed by atoms with Crippen molar-refractivity contribution in [2.45, 2.75) is 31.3 Å². The summed E-state index contributed by atoms with van der Waals surface area (Å²) in [7, 11) is 0. The van der Waals surface area contributed by atoms with Crippen molar-refractivity contribution in [1.29, 1.82) is 0 Å². The summed E-state index contributed by atoms with van der Waals surface area (Å²) in [6.07, 6.45) is -4.28. The molecule has 1 aliphatic heterocycles. The Hall–Kier alpha value is -0.490. The van der Waals surface area contributed by atoms with Gasteiger partial charge >= 0.3 is 0 Å². The second-order valence-electron chi connectivity index (χ2n) is 2.85. The van der Waals surface area contributed by atoms with E-state index < -0.39 is 36.8 Å². The van der Waals surface area contributed by atoms with E-state index in [0.717, 1.165) is 0 Å². The Morgan fingerprint density at radius 3 is 2.50 bits per heavy atom. The Morgan fingerprint density at radius 2 is 2.00 bits per heavy atom. The first kappa shape index (κ1) is 9.60. The molecule has 1 aliphatic rings. The molecule has 0 amide bonds. The first-order valence-electron chi connectivity index (χ1n) is 3.74. The van der Waals surface area contributed by atoms with E-state index in [1.54, 1.807) is 0 Å². The van der Waals surface area contributed by atoms with Gasteiger partial charge in [-0.15, -0.1) is 0 Å². The van der Waals surface area contributed by atoms with Crippen molar-refractivity contribution < 1.29 is 24.9 Å². The minimum absolute atomic E-state index is 0.427. The Kier molecular flexibility index (Phi) is 2.79. The van der Waals surface area contributed by atoms with Crippen molar-refractivity contribution in [3.8, 4) is 0 Å². The summed E-state index contributed by atoms with van der Waals surface area (Å²) in [5, 5.41) is 26.9. The largest absolute Gasteiger partial charge is 0.394 e. The molecule has 0 aromatic rings. The number of ketones is 1. The molecule has 0 unspecified atom stereocenters. The number of rotatable bonds is 1. The van der Waals surface area contributed by atoms with Crippen molar-refractivity contribution in [3.63, 3.8) is 0 Å². The van der Waals surface area contributed by atoms with Gasteiger partial charge in [0.2, 0.25) is 0 Å². The molecule has 1 fully saturated rings. The van der Waals surface area contributed by atoms with Crippen molar-refractivity contribution in [3.05, 3.63) is 0 Å². The van der Waals surface area contributed by atoms with Crippen LogP contribution in [0.1, 0.15) is 6.92 Å². The third kappa shape index (κ3) is 1.49. The summed E-state index contributed by atoms with van der Waals surface area (Å²) in [6, 6.07) is 0. The lowest BCUT2D eigenvalue weighted by molar-refractivity contribution is -0.184. The molecule has 70 valence electrons. The van der Waals surface area contributed by atoms with Crippen molar-refractivity contribution in [2.24, 2.45) is 0 Å². The van der Waals surface area contributed by atoms with Crippen LogP contribution in [-0.2, 0) is 9.53 Å². The van der Waals surface area contributed by atoms with E-state index in [1.807, 2.05) is 0 Å². The Labute approximate surface area is 69.6 Å². The molecule has 0 radical (unpaired) electrons. The van der Waals surface area contributed by atoms with Gasteiger partial charge in [0.15, 0.2) is 5.78 Å². The maximum absolute atomic E-state index is 11.0. The summed E-state index contributed by atoms with van der Waals surface area (Å²) in [5.74, 6) is -0.687. The quantitative estimate of drug-likeness (QED) is 0.432. The van der Waals surface area contributed by atoms with Crippen LogP contribution in [0, 0.1) is 0 Å². The molecule has 5 heteroatoms. The van der Waals surface area contributed by atoms with Crippen molar-refractivity contribution >= 4 is 5.78 Å². The zero-order chi connectivity index (χ0) is 9.30. The van der Waals surface area contributed by atoms with Crippen molar-refractivity contribution in [2.75, 3.05) is 6.61 Å². The molecule has 0 spiro atoms. The van der Waals surface area contributed by atoms with E-state index >= 15 is 0 Å². The molecule has 1 rings (SSSR count). The van der Waals surface area contributed by atoms with Crippen LogP contribution in [0.15, 0.2) is 0 Å². The van der Waals surface area contributed by atoms with E-state index in [9.17, 15) is 4.79 Å². The van der Waals surface area contributed by atoms with Gasteiger partial charge in [0.05, 0.1) is 12.7 Å². The fourth-order valence-electron chi connectivity index (χ4n) is 1.16. The maximum Gasteiger partial charge on any atom is 0.195 e. The number of aliphatic hydroxyl groups is 3. The second kappa shape index (κ2) is 3.49. The van der Waals surface area contributed by atoms with Crippen LogP contribution in [0.2, 0.25) is 0 Å². The standard InChI is InChI=1S/C7H12O5/c1-3-5(9)7(11)6(10)4(2-8)12-3/h3-6,8-10H,2H2,1H3/t3-,4-,5+,6-/m1/s1. The van der Waals surface area contributed by atoms with Crippen LogP contribution < -0.4 is 0 Å². The van der Waals surface area contributed by atoms with E-state index in [1.165, 1.54) is 6.92 Å². The minimum Gasteiger partial charge on any atom is -0.394 e. The number of aliphatic hydroxyl groups excluding tert-OH is 3. The molecule has 12 heavy (non-hydrogen) atoms. The molecule has 0 aromatic carbocycles. The van der Waals surface area contributed by atoms with E-state index in [4.69, 9.17) is 20.1 Å². The average molecular weight is 176 g/mol. The van der Waals surface area contributed by atoms with Gasteiger partial charge in [0.1, 0.15) is 18.3 Å². The number of ether oxygens (including phenoxy) is 1. The predicted octanol–water partition coefficient (Wildman–Crippen LogP) is -1.94. The van der Waals surface area contributed by atoms with Gasteiger partial charge in [0, 0.05) is 0 Å². The van der Waals surface area contributed by atoms with Gasteiger partial charge < -0.3 is 20.1 Å². The molecular formula is C7H12O5. The number of hydrogen-bond acceptors (Lipinski definition) is 5. The van der Waals surface area contributed by atoms with Crippen LogP contribution in [0.5, 0.6) is 0 Å². The lowest BCUT2D eigenvalue weighted by Gasteiger charge is -2.33. The monoisotopic (exact) mass is 176 g/mol.